The Morgan fingerprint density at radius 3 is 2.35 bits per heavy atom. The van der Waals surface area contributed by atoms with Gasteiger partial charge >= 0.3 is 6.03 Å². The minimum Gasteiger partial charge on any atom is -0.350 e. The van der Waals surface area contributed by atoms with Gasteiger partial charge in [-0.05, 0) is 35.9 Å². The molecule has 2 rings (SSSR count). The van der Waals surface area contributed by atoms with Crippen molar-refractivity contribution in [3.63, 3.8) is 0 Å². The highest BCUT2D eigenvalue weighted by Gasteiger charge is 2.06. The average Bonchev–Trinajstić information content (AvgIpc) is 2.52. The van der Waals surface area contributed by atoms with Crippen LogP contribution in [0.2, 0.25) is 10.0 Å². The zero-order valence-electron chi connectivity index (χ0n) is 12.1. The van der Waals surface area contributed by atoms with Crippen LogP contribution < -0.4 is 16.0 Å². The zero-order chi connectivity index (χ0) is 16.7. The highest BCUT2D eigenvalue weighted by atomic mass is 35.5. The van der Waals surface area contributed by atoms with Crippen LogP contribution in [0, 0.1) is 0 Å². The van der Waals surface area contributed by atoms with Crippen molar-refractivity contribution in [1.82, 2.24) is 10.6 Å². The van der Waals surface area contributed by atoms with Crippen molar-refractivity contribution in [3.05, 3.63) is 64.1 Å². The molecule has 2 aromatic rings. The Balaban J connectivity index is 1.71. The second-order valence-electron chi connectivity index (χ2n) is 4.72. The van der Waals surface area contributed by atoms with Crippen LogP contribution in [-0.4, -0.2) is 18.5 Å². The number of hydrogen-bond acceptors (Lipinski definition) is 2. The first kappa shape index (κ1) is 17.1. The van der Waals surface area contributed by atoms with E-state index in [4.69, 9.17) is 23.2 Å². The first-order valence-electron chi connectivity index (χ1n) is 6.84. The number of benzene rings is 2. The lowest BCUT2D eigenvalue weighted by Crippen LogP contribution is -2.38. The molecule has 0 aliphatic rings. The Hall–Kier alpha value is -2.24. The van der Waals surface area contributed by atoms with Crippen molar-refractivity contribution in [2.24, 2.45) is 0 Å². The first-order valence-corrected chi connectivity index (χ1v) is 7.60. The van der Waals surface area contributed by atoms with Gasteiger partial charge < -0.3 is 16.0 Å². The van der Waals surface area contributed by atoms with E-state index in [1.807, 2.05) is 12.1 Å². The lowest BCUT2D eigenvalue weighted by atomic mass is 10.2. The lowest BCUT2D eigenvalue weighted by molar-refractivity contribution is -0.120. The molecule has 0 fully saturated rings. The van der Waals surface area contributed by atoms with Gasteiger partial charge in [-0.25, -0.2) is 4.79 Å². The predicted molar refractivity (Wildman–Crippen MR) is 91.8 cm³/mol. The van der Waals surface area contributed by atoms with Crippen LogP contribution in [0.15, 0.2) is 48.5 Å². The summed E-state index contributed by atoms with van der Waals surface area (Å²) in [5.74, 6) is -0.291. The smallest absolute Gasteiger partial charge is 0.319 e. The fourth-order valence-corrected chi connectivity index (χ4v) is 2.08. The number of anilines is 1. The summed E-state index contributed by atoms with van der Waals surface area (Å²) in [6, 6.07) is 13.4. The molecule has 0 bridgehead atoms. The zero-order valence-corrected chi connectivity index (χ0v) is 13.6. The molecule has 3 N–H and O–H groups in total. The third-order valence-corrected chi connectivity index (χ3v) is 3.38. The van der Waals surface area contributed by atoms with Crippen LogP contribution in [0.1, 0.15) is 5.56 Å². The fourth-order valence-electron chi connectivity index (χ4n) is 1.77. The van der Waals surface area contributed by atoms with E-state index in [1.54, 1.807) is 36.4 Å². The van der Waals surface area contributed by atoms with Gasteiger partial charge in [0.05, 0.1) is 6.54 Å². The Morgan fingerprint density at radius 1 is 0.913 bits per heavy atom. The molecule has 0 spiro atoms. The van der Waals surface area contributed by atoms with Crippen LogP contribution in [0.25, 0.3) is 0 Å². The van der Waals surface area contributed by atoms with Gasteiger partial charge in [-0.3, -0.25) is 4.79 Å². The quantitative estimate of drug-likeness (QED) is 0.772. The van der Waals surface area contributed by atoms with Gasteiger partial charge in [0.15, 0.2) is 0 Å². The topological polar surface area (TPSA) is 70.2 Å². The Bertz CT molecular complexity index is 690. The molecule has 23 heavy (non-hydrogen) atoms. The summed E-state index contributed by atoms with van der Waals surface area (Å²) in [5.41, 5.74) is 1.47. The van der Waals surface area contributed by atoms with Crippen molar-refractivity contribution >= 4 is 40.8 Å². The highest BCUT2D eigenvalue weighted by molar-refractivity contribution is 6.31. The van der Waals surface area contributed by atoms with E-state index < -0.39 is 6.03 Å². The van der Waals surface area contributed by atoms with Crippen molar-refractivity contribution in [2.45, 2.75) is 6.54 Å². The maximum Gasteiger partial charge on any atom is 0.319 e. The molecule has 0 unspecified atom stereocenters. The number of urea groups is 1. The second kappa shape index (κ2) is 8.41. The lowest BCUT2D eigenvalue weighted by Gasteiger charge is -2.09. The largest absolute Gasteiger partial charge is 0.350 e. The van der Waals surface area contributed by atoms with Gasteiger partial charge in [0.25, 0.3) is 0 Å². The third-order valence-electron chi connectivity index (χ3n) is 2.89. The van der Waals surface area contributed by atoms with E-state index in [1.165, 1.54) is 0 Å². The average molecular weight is 352 g/mol. The number of rotatable bonds is 5. The van der Waals surface area contributed by atoms with E-state index in [0.29, 0.717) is 22.3 Å². The molecule has 120 valence electrons. The van der Waals surface area contributed by atoms with Gasteiger partial charge in [0.1, 0.15) is 0 Å². The third kappa shape index (κ3) is 6.18. The second-order valence-corrected chi connectivity index (χ2v) is 5.59. The van der Waals surface area contributed by atoms with Crippen molar-refractivity contribution in [3.8, 4) is 0 Å². The summed E-state index contributed by atoms with van der Waals surface area (Å²) in [4.78, 5) is 23.4. The molecule has 0 aromatic heterocycles. The minimum atomic E-state index is -0.478. The van der Waals surface area contributed by atoms with Gasteiger partial charge in [0.2, 0.25) is 5.91 Å². The molecule has 0 radical (unpaired) electrons. The van der Waals surface area contributed by atoms with Crippen LogP contribution in [-0.2, 0) is 11.3 Å². The molecular formula is C16H15Cl2N3O2. The Morgan fingerprint density at radius 2 is 1.65 bits per heavy atom. The van der Waals surface area contributed by atoms with Gasteiger partial charge in [-0.2, -0.15) is 0 Å². The summed E-state index contributed by atoms with van der Waals surface area (Å²) >= 11 is 11.6. The van der Waals surface area contributed by atoms with Crippen LogP contribution in [0.5, 0.6) is 0 Å². The number of nitrogens with one attached hydrogen (secondary N) is 3. The highest BCUT2D eigenvalue weighted by Crippen LogP contribution is 2.14. The Labute approximate surface area is 144 Å². The van der Waals surface area contributed by atoms with Crippen LogP contribution in [0.4, 0.5) is 10.5 Å². The van der Waals surface area contributed by atoms with Crippen molar-refractivity contribution < 1.29 is 9.59 Å². The summed E-state index contributed by atoms with van der Waals surface area (Å²) in [6.07, 6.45) is 0. The van der Waals surface area contributed by atoms with Gasteiger partial charge in [-0.15, -0.1) is 0 Å². The molecule has 0 atom stereocenters. The van der Waals surface area contributed by atoms with Gasteiger partial charge in [-0.1, -0.05) is 41.4 Å². The first-order chi connectivity index (χ1) is 11.0. The van der Waals surface area contributed by atoms with E-state index in [9.17, 15) is 9.59 Å². The molecule has 0 aliphatic heterocycles. The molecule has 5 nitrogen and oxygen atoms in total. The fraction of sp³-hybridized carbons (Fsp3) is 0.125. The van der Waals surface area contributed by atoms with Crippen molar-refractivity contribution in [2.75, 3.05) is 11.9 Å². The summed E-state index contributed by atoms with van der Waals surface area (Å²) in [5, 5.41) is 8.92. The maximum absolute atomic E-state index is 11.7. The predicted octanol–water partition coefficient (Wildman–Crippen LogP) is 3.43. The number of carbonyl (C=O) groups excluding carboxylic acids is 2. The number of hydrogen-bond donors (Lipinski definition) is 3. The molecule has 2 aromatic carbocycles. The van der Waals surface area contributed by atoms with E-state index in [2.05, 4.69) is 16.0 Å². The molecular weight excluding hydrogens is 337 g/mol. The van der Waals surface area contributed by atoms with E-state index in [0.717, 1.165) is 5.56 Å². The van der Waals surface area contributed by atoms with Gasteiger partial charge in [0, 0.05) is 22.3 Å². The Kier molecular flexibility index (Phi) is 6.26. The van der Waals surface area contributed by atoms with E-state index >= 15 is 0 Å². The normalized spacial score (nSPS) is 10.0. The maximum atomic E-state index is 11.7. The van der Waals surface area contributed by atoms with Crippen LogP contribution >= 0.6 is 23.2 Å². The molecule has 3 amide bonds. The minimum absolute atomic E-state index is 0.125. The molecule has 7 heteroatoms. The molecule has 0 saturated carbocycles. The number of carbonyl (C=O) groups is 2. The van der Waals surface area contributed by atoms with E-state index in [-0.39, 0.29) is 12.5 Å². The molecule has 0 aliphatic carbocycles. The standard InChI is InChI=1S/C16H15Cl2N3O2/c17-12-6-4-11(5-7-12)9-19-15(22)10-20-16(23)21-14-3-1-2-13(18)8-14/h1-8H,9-10H2,(H,19,22)(H2,20,21,23). The molecule has 0 saturated heterocycles. The number of halogens is 2. The number of amides is 3. The molecule has 0 heterocycles. The summed E-state index contributed by atoms with van der Waals surface area (Å²) in [7, 11) is 0. The van der Waals surface area contributed by atoms with Crippen LogP contribution in [0.3, 0.4) is 0 Å². The summed E-state index contributed by atoms with van der Waals surface area (Å²) < 4.78 is 0. The van der Waals surface area contributed by atoms with Crippen molar-refractivity contribution in [1.29, 1.82) is 0 Å². The SMILES string of the molecule is O=C(CNC(=O)Nc1cccc(Cl)c1)NCc1ccc(Cl)cc1. The monoisotopic (exact) mass is 351 g/mol. The summed E-state index contributed by atoms with van der Waals surface area (Å²) in [6.45, 7) is 0.244.